The molecular formula is C35H43NO4. The second-order valence-electron chi connectivity index (χ2n) is 12.1. The molecule has 4 rings (SSSR count). The number of ketones is 1. The lowest BCUT2D eigenvalue weighted by atomic mass is 9.72. The fourth-order valence-corrected chi connectivity index (χ4v) is 5.81. The van der Waals surface area contributed by atoms with E-state index in [4.69, 9.17) is 0 Å². The number of nitrogens with zero attached hydrogens (tertiary/aromatic N) is 1. The molecule has 212 valence electrons. The Morgan fingerprint density at radius 3 is 1.75 bits per heavy atom. The molecule has 2 N–H and O–H groups in total. The molecule has 0 bridgehead atoms. The van der Waals surface area contributed by atoms with Crippen LogP contribution in [0.15, 0.2) is 72.8 Å². The second kappa shape index (κ2) is 12.5. The van der Waals surface area contributed by atoms with Crippen molar-refractivity contribution in [1.82, 2.24) is 4.90 Å². The highest BCUT2D eigenvalue weighted by atomic mass is 16.4. The minimum Gasteiger partial charge on any atom is -0.481 e. The molecular weight excluding hydrogens is 498 g/mol. The van der Waals surface area contributed by atoms with Gasteiger partial charge in [-0.15, -0.1) is 0 Å². The SMILES string of the molecule is Cc1ccc(C(O)(c2ccc(C)cc2)C2CCN(CCCC(=O)Cc3ccc(C(C)(C)C(=O)O)cc3)CC2)cc1. The van der Waals surface area contributed by atoms with Crippen molar-refractivity contribution in [3.05, 3.63) is 106 Å². The summed E-state index contributed by atoms with van der Waals surface area (Å²) in [5.74, 6) is -0.548. The number of rotatable bonds is 11. The monoisotopic (exact) mass is 541 g/mol. The van der Waals surface area contributed by atoms with E-state index in [0.29, 0.717) is 12.8 Å². The largest absolute Gasteiger partial charge is 0.481 e. The van der Waals surface area contributed by atoms with E-state index in [1.165, 1.54) is 11.1 Å². The fourth-order valence-electron chi connectivity index (χ4n) is 5.81. The molecule has 0 amide bonds. The molecule has 3 aromatic rings. The molecule has 5 heteroatoms. The summed E-state index contributed by atoms with van der Waals surface area (Å²) in [6.45, 7) is 10.2. The summed E-state index contributed by atoms with van der Waals surface area (Å²) >= 11 is 0. The van der Waals surface area contributed by atoms with Crippen molar-refractivity contribution in [2.24, 2.45) is 5.92 Å². The van der Waals surface area contributed by atoms with Crippen molar-refractivity contribution < 1.29 is 19.8 Å². The van der Waals surface area contributed by atoms with Crippen LogP contribution in [0.25, 0.3) is 0 Å². The normalized spacial score (nSPS) is 15.2. The third-order valence-electron chi connectivity index (χ3n) is 8.70. The number of Topliss-reactive ketones (excluding diaryl/α,β-unsaturated/α-hetero) is 1. The number of aryl methyl sites for hydroxylation is 2. The quantitative estimate of drug-likeness (QED) is 0.302. The molecule has 1 saturated heterocycles. The topological polar surface area (TPSA) is 77.8 Å². The number of hydrogen-bond acceptors (Lipinski definition) is 4. The zero-order valence-electron chi connectivity index (χ0n) is 24.3. The van der Waals surface area contributed by atoms with Crippen LogP contribution in [0.5, 0.6) is 0 Å². The summed E-state index contributed by atoms with van der Waals surface area (Å²) in [6.07, 6.45) is 3.50. The van der Waals surface area contributed by atoms with Crippen LogP contribution in [0, 0.1) is 19.8 Å². The van der Waals surface area contributed by atoms with Gasteiger partial charge in [-0.2, -0.15) is 0 Å². The van der Waals surface area contributed by atoms with E-state index in [9.17, 15) is 19.8 Å². The van der Waals surface area contributed by atoms with Crippen molar-refractivity contribution in [3.63, 3.8) is 0 Å². The first-order chi connectivity index (χ1) is 19.0. The molecule has 0 radical (unpaired) electrons. The van der Waals surface area contributed by atoms with Gasteiger partial charge in [0.15, 0.2) is 0 Å². The third-order valence-corrected chi connectivity index (χ3v) is 8.70. The fraction of sp³-hybridized carbons (Fsp3) is 0.429. The van der Waals surface area contributed by atoms with E-state index in [2.05, 4.69) is 67.3 Å². The van der Waals surface area contributed by atoms with Crippen LogP contribution in [-0.2, 0) is 27.0 Å². The highest BCUT2D eigenvalue weighted by Gasteiger charge is 2.41. The van der Waals surface area contributed by atoms with Gasteiger partial charge in [-0.25, -0.2) is 0 Å². The van der Waals surface area contributed by atoms with Crippen LogP contribution in [-0.4, -0.2) is 46.5 Å². The first-order valence-corrected chi connectivity index (χ1v) is 14.4. The number of carboxylic acid groups (broad SMARTS) is 1. The molecule has 3 aromatic carbocycles. The molecule has 0 saturated carbocycles. The Bertz CT molecular complexity index is 1240. The van der Waals surface area contributed by atoms with Crippen LogP contribution in [0.2, 0.25) is 0 Å². The van der Waals surface area contributed by atoms with Gasteiger partial charge in [0.2, 0.25) is 0 Å². The Morgan fingerprint density at radius 1 is 0.800 bits per heavy atom. The van der Waals surface area contributed by atoms with E-state index in [0.717, 1.165) is 61.2 Å². The van der Waals surface area contributed by atoms with Crippen molar-refractivity contribution in [1.29, 1.82) is 0 Å². The van der Waals surface area contributed by atoms with Crippen molar-refractivity contribution >= 4 is 11.8 Å². The molecule has 1 fully saturated rings. The van der Waals surface area contributed by atoms with Gasteiger partial charge in [0.05, 0.1) is 5.41 Å². The second-order valence-corrected chi connectivity index (χ2v) is 12.1. The number of hydrogen-bond donors (Lipinski definition) is 2. The molecule has 5 nitrogen and oxygen atoms in total. The molecule has 40 heavy (non-hydrogen) atoms. The predicted molar refractivity (Wildman–Crippen MR) is 160 cm³/mol. The van der Waals surface area contributed by atoms with Gasteiger partial charge in [-0.05, 0) is 94.8 Å². The van der Waals surface area contributed by atoms with E-state index >= 15 is 0 Å². The minimum absolute atomic E-state index is 0.116. The molecule has 0 atom stereocenters. The van der Waals surface area contributed by atoms with Crippen LogP contribution < -0.4 is 0 Å². The number of likely N-dealkylation sites (tertiary alicyclic amines) is 1. The molecule has 1 aliphatic heterocycles. The maximum Gasteiger partial charge on any atom is 0.313 e. The van der Waals surface area contributed by atoms with Crippen LogP contribution in [0.4, 0.5) is 0 Å². The molecule has 0 aromatic heterocycles. The predicted octanol–water partition coefficient (Wildman–Crippen LogP) is 6.21. The first-order valence-electron chi connectivity index (χ1n) is 14.4. The van der Waals surface area contributed by atoms with E-state index in [-0.39, 0.29) is 11.7 Å². The Morgan fingerprint density at radius 2 is 1.27 bits per heavy atom. The van der Waals surface area contributed by atoms with Gasteiger partial charge < -0.3 is 15.1 Å². The molecule has 1 heterocycles. The smallest absolute Gasteiger partial charge is 0.313 e. The maximum absolute atomic E-state index is 12.6. The summed E-state index contributed by atoms with van der Waals surface area (Å²) in [7, 11) is 0. The summed E-state index contributed by atoms with van der Waals surface area (Å²) < 4.78 is 0. The standard InChI is InChI=1S/C35H43NO4/c1-25-7-13-29(14-8-25)35(40,30-15-9-26(2)10-16-30)31-19-22-36(23-20-31)21-5-6-32(37)24-27-11-17-28(18-12-27)34(3,4)33(38)39/h7-18,31,40H,5-6,19-24H2,1-4H3,(H,38,39). The van der Waals surface area contributed by atoms with Gasteiger partial charge in [0, 0.05) is 12.8 Å². The summed E-state index contributed by atoms with van der Waals surface area (Å²) in [5.41, 5.74) is 3.93. The van der Waals surface area contributed by atoms with E-state index in [1.54, 1.807) is 13.8 Å². The van der Waals surface area contributed by atoms with Gasteiger partial charge >= 0.3 is 5.97 Å². The summed E-state index contributed by atoms with van der Waals surface area (Å²) in [4.78, 5) is 26.5. The van der Waals surface area contributed by atoms with Crippen LogP contribution >= 0.6 is 0 Å². The number of carbonyl (C=O) groups excluding carboxylic acids is 1. The van der Waals surface area contributed by atoms with Crippen LogP contribution in [0.1, 0.15) is 72.9 Å². The van der Waals surface area contributed by atoms with E-state index in [1.807, 2.05) is 24.3 Å². The maximum atomic E-state index is 12.6. The molecule has 0 aliphatic carbocycles. The molecule has 0 spiro atoms. The van der Waals surface area contributed by atoms with Crippen LogP contribution in [0.3, 0.4) is 0 Å². The number of carboxylic acids is 1. The number of aliphatic carboxylic acids is 1. The minimum atomic E-state index is -1.03. The lowest BCUT2D eigenvalue weighted by Crippen LogP contribution is -2.44. The number of piperidine rings is 1. The third kappa shape index (κ3) is 6.71. The highest BCUT2D eigenvalue weighted by molar-refractivity contribution is 5.81. The zero-order valence-corrected chi connectivity index (χ0v) is 24.3. The van der Waals surface area contributed by atoms with Gasteiger partial charge in [0.1, 0.15) is 11.4 Å². The van der Waals surface area contributed by atoms with E-state index < -0.39 is 17.0 Å². The first kappa shape index (κ1) is 29.7. The lowest BCUT2D eigenvalue weighted by Gasteiger charge is -2.42. The average molecular weight is 542 g/mol. The van der Waals surface area contributed by atoms with Crippen molar-refractivity contribution in [3.8, 4) is 0 Å². The molecule has 1 aliphatic rings. The number of carbonyl (C=O) groups is 2. The number of aliphatic hydroxyl groups is 1. The number of benzene rings is 3. The van der Waals surface area contributed by atoms with Gasteiger partial charge in [0.25, 0.3) is 0 Å². The Kier molecular flexibility index (Phi) is 9.27. The highest BCUT2D eigenvalue weighted by Crippen LogP contribution is 2.42. The van der Waals surface area contributed by atoms with Gasteiger partial charge in [-0.1, -0.05) is 83.9 Å². The Labute approximate surface area is 238 Å². The summed E-state index contributed by atoms with van der Waals surface area (Å²) in [5, 5.41) is 21.7. The Balaban J connectivity index is 1.30. The molecule has 0 unspecified atom stereocenters. The van der Waals surface area contributed by atoms with Gasteiger partial charge in [-0.3, -0.25) is 9.59 Å². The lowest BCUT2D eigenvalue weighted by molar-refractivity contribution is -0.142. The van der Waals surface area contributed by atoms with Crippen molar-refractivity contribution in [2.75, 3.05) is 19.6 Å². The summed E-state index contributed by atoms with van der Waals surface area (Å²) in [6, 6.07) is 23.9. The van der Waals surface area contributed by atoms with Crippen molar-refractivity contribution in [2.45, 2.75) is 70.8 Å². The average Bonchev–Trinajstić information content (AvgIpc) is 2.94. The Hall–Kier alpha value is -3.28. The zero-order chi connectivity index (χ0) is 28.9.